The number of ether oxygens (including phenoxy) is 3. The SMILES string of the molecule is CCCCCCCCCCOc1ccc(C(=O)Oc2ccc(C(=O)/C=C/c3ccc(OCCCCC)cc3)cc2[N+](=O)[O-])cc1. The summed E-state index contributed by atoms with van der Waals surface area (Å²) < 4.78 is 16.8. The minimum Gasteiger partial charge on any atom is -0.494 e. The molecule has 0 amide bonds. The Kier molecular flexibility index (Phi) is 15.4. The van der Waals surface area contributed by atoms with E-state index in [1.54, 1.807) is 30.3 Å². The van der Waals surface area contributed by atoms with Crippen LogP contribution in [0.3, 0.4) is 0 Å². The summed E-state index contributed by atoms with van der Waals surface area (Å²) in [6.45, 7) is 5.62. The summed E-state index contributed by atoms with van der Waals surface area (Å²) in [5, 5.41) is 11.8. The predicted molar refractivity (Wildman–Crippen MR) is 177 cm³/mol. The molecule has 0 aliphatic heterocycles. The van der Waals surface area contributed by atoms with Crippen LogP contribution < -0.4 is 14.2 Å². The van der Waals surface area contributed by atoms with Gasteiger partial charge in [0.15, 0.2) is 5.78 Å². The molecule has 0 saturated carbocycles. The highest BCUT2D eigenvalue weighted by Gasteiger charge is 2.21. The standard InChI is InChI=1S/C37H45NO7/c1-3-5-7-8-9-10-11-13-27-44-33-22-17-30(18-23-33)37(40)45-36-25-19-31(28-34(36)38(41)42)35(39)24-16-29-14-20-32(21-15-29)43-26-12-6-4-2/h14-25,28H,3-13,26-27H2,1-2H3/b24-16+. The van der Waals surface area contributed by atoms with Gasteiger partial charge in [0, 0.05) is 11.6 Å². The van der Waals surface area contributed by atoms with Gasteiger partial charge >= 0.3 is 11.7 Å². The summed E-state index contributed by atoms with van der Waals surface area (Å²) in [6.07, 6.45) is 15.9. The molecular weight excluding hydrogens is 570 g/mol. The lowest BCUT2D eigenvalue weighted by Crippen LogP contribution is -2.10. The molecule has 0 aliphatic rings. The van der Waals surface area contributed by atoms with E-state index in [1.165, 1.54) is 56.7 Å². The molecule has 240 valence electrons. The zero-order valence-corrected chi connectivity index (χ0v) is 26.5. The Balaban J connectivity index is 1.51. The average molecular weight is 616 g/mol. The van der Waals surface area contributed by atoms with E-state index < -0.39 is 22.4 Å². The molecule has 0 radical (unpaired) electrons. The second kappa shape index (κ2) is 19.7. The van der Waals surface area contributed by atoms with E-state index in [9.17, 15) is 19.7 Å². The van der Waals surface area contributed by atoms with Crippen LogP contribution in [-0.4, -0.2) is 29.9 Å². The highest BCUT2D eigenvalue weighted by atomic mass is 16.6. The van der Waals surface area contributed by atoms with Gasteiger partial charge in [-0.15, -0.1) is 0 Å². The van der Waals surface area contributed by atoms with Crippen molar-refractivity contribution in [3.05, 3.63) is 99.6 Å². The molecule has 8 nitrogen and oxygen atoms in total. The molecule has 0 spiro atoms. The van der Waals surface area contributed by atoms with E-state index in [4.69, 9.17) is 14.2 Å². The normalized spacial score (nSPS) is 11.0. The fourth-order valence-corrected chi connectivity index (χ4v) is 4.66. The molecule has 0 atom stereocenters. The van der Waals surface area contributed by atoms with Gasteiger partial charge in [-0.05, 0) is 73.0 Å². The van der Waals surface area contributed by atoms with Crippen molar-refractivity contribution in [2.75, 3.05) is 13.2 Å². The van der Waals surface area contributed by atoms with Crippen molar-refractivity contribution in [2.45, 2.75) is 84.5 Å². The number of carbonyl (C=O) groups excluding carboxylic acids is 2. The van der Waals surface area contributed by atoms with Crippen LogP contribution in [0.25, 0.3) is 6.08 Å². The second-order valence-corrected chi connectivity index (χ2v) is 11.0. The van der Waals surface area contributed by atoms with E-state index in [2.05, 4.69) is 13.8 Å². The van der Waals surface area contributed by atoms with Crippen LogP contribution >= 0.6 is 0 Å². The number of nitro groups is 1. The predicted octanol–water partition coefficient (Wildman–Crippen LogP) is 9.80. The molecule has 0 fully saturated rings. The monoisotopic (exact) mass is 615 g/mol. The number of nitrogens with zero attached hydrogens (tertiary/aromatic N) is 1. The minimum absolute atomic E-state index is 0.103. The van der Waals surface area contributed by atoms with Gasteiger partial charge in [-0.3, -0.25) is 14.9 Å². The van der Waals surface area contributed by atoms with Crippen LogP contribution in [0.1, 0.15) is 111 Å². The zero-order chi connectivity index (χ0) is 32.3. The van der Waals surface area contributed by atoms with Gasteiger partial charge in [-0.2, -0.15) is 0 Å². The average Bonchev–Trinajstić information content (AvgIpc) is 3.05. The van der Waals surface area contributed by atoms with Crippen LogP contribution in [0.4, 0.5) is 5.69 Å². The van der Waals surface area contributed by atoms with E-state index in [-0.39, 0.29) is 16.9 Å². The van der Waals surface area contributed by atoms with E-state index in [0.717, 1.165) is 49.5 Å². The summed E-state index contributed by atoms with van der Waals surface area (Å²) in [4.78, 5) is 36.6. The first-order chi connectivity index (χ1) is 21.9. The fraction of sp³-hybridized carbons (Fsp3) is 0.405. The number of hydrogen-bond donors (Lipinski definition) is 0. The number of rotatable bonds is 21. The molecular formula is C37H45NO7. The van der Waals surface area contributed by atoms with Crippen LogP contribution in [0, 0.1) is 10.1 Å². The summed E-state index contributed by atoms with van der Waals surface area (Å²) in [6, 6.07) is 17.6. The number of esters is 1. The highest BCUT2D eigenvalue weighted by Crippen LogP contribution is 2.29. The van der Waals surface area contributed by atoms with Crippen molar-refractivity contribution in [1.29, 1.82) is 0 Å². The van der Waals surface area contributed by atoms with Crippen molar-refractivity contribution >= 4 is 23.5 Å². The third-order valence-corrected chi connectivity index (χ3v) is 7.32. The van der Waals surface area contributed by atoms with E-state index in [0.29, 0.717) is 19.0 Å². The summed E-state index contributed by atoms with van der Waals surface area (Å²) >= 11 is 0. The molecule has 0 aliphatic carbocycles. The lowest BCUT2D eigenvalue weighted by molar-refractivity contribution is -0.385. The molecule has 0 unspecified atom stereocenters. The lowest BCUT2D eigenvalue weighted by Gasteiger charge is -2.08. The van der Waals surface area contributed by atoms with Gasteiger partial charge in [0.05, 0.1) is 23.7 Å². The Morgan fingerprint density at radius 2 is 1.20 bits per heavy atom. The molecule has 0 heterocycles. The van der Waals surface area contributed by atoms with Crippen molar-refractivity contribution in [1.82, 2.24) is 0 Å². The van der Waals surface area contributed by atoms with Gasteiger partial charge in [0.2, 0.25) is 5.75 Å². The van der Waals surface area contributed by atoms with Gasteiger partial charge in [0.1, 0.15) is 11.5 Å². The van der Waals surface area contributed by atoms with Crippen molar-refractivity contribution in [3.8, 4) is 17.2 Å². The number of carbonyl (C=O) groups is 2. The maximum Gasteiger partial charge on any atom is 0.343 e. The maximum absolute atomic E-state index is 12.8. The molecule has 8 heteroatoms. The second-order valence-electron chi connectivity index (χ2n) is 11.0. The van der Waals surface area contributed by atoms with Gasteiger partial charge < -0.3 is 14.2 Å². The third kappa shape index (κ3) is 12.6. The Labute approximate surface area is 266 Å². The third-order valence-electron chi connectivity index (χ3n) is 7.32. The first-order valence-corrected chi connectivity index (χ1v) is 16.1. The number of benzene rings is 3. The van der Waals surface area contributed by atoms with Crippen LogP contribution in [0.5, 0.6) is 17.2 Å². The van der Waals surface area contributed by atoms with Gasteiger partial charge in [0.25, 0.3) is 0 Å². The first-order valence-electron chi connectivity index (χ1n) is 16.1. The van der Waals surface area contributed by atoms with Crippen LogP contribution in [0.2, 0.25) is 0 Å². The maximum atomic E-state index is 12.8. The lowest BCUT2D eigenvalue weighted by atomic mass is 10.1. The first kappa shape index (κ1) is 35.0. The summed E-state index contributed by atoms with van der Waals surface area (Å²) in [5.74, 6) is -0.00484. The number of nitro benzene ring substituents is 1. The number of hydrogen-bond acceptors (Lipinski definition) is 7. The Morgan fingerprint density at radius 3 is 1.80 bits per heavy atom. The van der Waals surface area contributed by atoms with E-state index in [1.807, 2.05) is 24.3 Å². The molecule has 45 heavy (non-hydrogen) atoms. The smallest absolute Gasteiger partial charge is 0.343 e. The molecule has 3 aromatic rings. The number of allylic oxidation sites excluding steroid dienone is 1. The quantitative estimate of drug-likeness (QED) is 0.0223. The molecule has 0 saturated heterocycles. The van der Waals surface area contributed by atoms with Gasteiger partial charge in [-0.1, -0.05) is 89.8 Å². The van der Waals surface area contributed by atoms with Crippen molar-refractivity contribution in [2.24, 2.45) is 0 Å². The Morgan fingerprint density at radius 1 is 0.689 bits per heavy atom. The molecule has 3 rings (SSSR count). The van der Waals surface area contributed by atoms with Gasteiger partial charge in [-0.25, -0.2) is 4.79 Å². The topological polar surface area (TPSA) is 105 Å². The number of unbranched alkanes of at least 4 members (excludes halogenated alkanes) is 9. The summed E-state index contributed by atoms with van der Waals surface area (Å²) in [5.41, 5.74) is 0.641. The molecule has 0 bridgehead atoms. The van der Waals surface area contributed by atoms with Crippen molar-refractivity contribution < 1.29 is 28.7 Å². The number of ketones is 1. The van der Waals surface area contributed by atoms with Crippen molar-refractivity contribution in [3.63, 3.8) is 0 Å². The molecule has 3 aromatic carbocycles. The largest absolute Gasteiger partial charge is 0.494 e. The Bertz CT molecular complexity index is 1380. The highest BCUT2D eigenvalue weighted by molar-refractivity contribution is 6.07. The molecule has 0 aromatic heterocycles. The minimum atomic E-state index is -0.746. The van der Waals surface area contributed by atoms with E-state index >= 15 is 0 Å². The molecule has 0 N–H and O–H groups in total. The fourth-order valence-electron chi connectivity index (χ4n) is 4.66. The van der Waals surface area contributed by atoms with Crippen LogP contribution in [0.15, 0.2) is 72.8 Å². The summed E-state index contributed by atoms with van der Waals surface area (Å²) in [7, 11) is 0. The zero-order valence-electron chi connectivity index (χ0n) is 26.5. The van der Waals surface area contributed by atoms with Crippen LogP contribution in [-0.2, 0) is 0 Å². The Hall–Kier alpha value is -4.46.